The number of amides is 1. The Morgan fingerprint density at radius 2 is 1.71 bits per heavy atom. The normalized spacial score (nSPS) is 10.4. The highest BCUT2D eigenvalue weighted by Gasteiger charge is 2.16. The van der Waals surface area contributed by atoms with Gasteiger partial charge in [0.05, 0.1) is 0 Å². The first-order chi connectivity index (χ1) is 13.6. The maximum atomic E-state index is 12.9. The molecule has 0 saturated carbocycles. The van der Waals surface area contributed by atoms with E-state index in [-0.39, 0.29) is 5.91 Å². The SMILES string of the molecule is CCN(Cc1ccccc1)C(=O)c1ccnc(Nc2ccc(N(C)C)cc2)n1. The molecule has 0 atom stereocenters. The minimum Gasteiger partial charge on any atom is -0.378 e. The number of hydrogen-bond donors (Lipinski definition) is 1. The Morgan fingerprint density at radius 1 is 1.00 bits per heavy atom. The standard InChI is InChI=1S/C22H25N5O/c1-4-27(16-17-8-6-5-7-9-17)21(28)20-14-15-23-22(25-20)24-18-10-12-19(13-11-18)26(2)3/h5-15H,4,16H2,1-3H3,(H,23,24,25). The van der Waals surface area contributed by atoms with E-state index in [0.29, 0.717) is 24.7 Å². The highest BCUT2D eigenvalue weighted by Crippen LogP contribution is 2.18. The maximum Gasteiger partial charge on any atom is 0.272 e. The van der Waals surface area contributed by atoms with Gasteiger partial charge in [0.1, 0.15) is 5.69 Å². The van der Waals surface area contributed by atoms with Crippen LogP contribution in [0.1, 0.15) is 23.0 Å². The van der Waals surface area contributed by atoms with Gasteiger partial charge in [0.2, 0.25) is 5.95 Å². The van der Waals surface area contributed by atoms with Crippen molar-refractivity contribution < 1.29 is 4.79 Å². The number of hydrogen-bond acceptors (Lipinski definition) is 5. The van der Waals surface area contributed by atoms with Crippen molar-refractivity contribution in [3.8, 4) is 0 Å². The Hall–Kier alpha value is -3.41. The lowest BCUT2D eigenvalue weighted by Gasteiger charge is -2.20. The van der Waals surface area contributed by atoms with Crippen molar-refractivity contribution in [2.75, 3.05) is 30.9 Å². The second-order valence-corrected chi connectivity index (χ2v) is 6.64. The van der Waals surface area contributed by atoms with Gasteiger partial charge in [0, 0.05) is 44.8 Å². The van der Waals surface area contributed by atoms with Crippen molar-refractivity contribution in [3.05, 3.63) is 78.1 Å². The molecule has 0 aliphatic carbocycles. The summed E-state index contributed by atoms with van der Waals surface area (Å²) in [6.07, 6.45) is 1.60. The summed E-state index contributed by atoms with van der Waals surface area (Å²) in [6.45, 7) is 3.12. The number of carbonyl (C=O) groups excluding carboxylic acids is 1. The second kappa shape index (κ2) is 8.99. The molecule has 144 valence electrons. The zero-order valence-corrected chi connectivity index (χ0v) is 16.5. The lowest BCUT2D eigenvalue weighted by Crippen LogP contribution is -2.31. The molecule has 1 aromatic heterocycles. The van der Waals surface area contributed by atoms with Crippen LogP contribution in [0.4, 0.5) is 17.3 Å². The predicted octanol–water partition coefficient (Wildman–Crippen LogP) is 3.95. The summed E-state index contributed by atoms with van der Waals surface area (Å²) in [6, 6.07) is 19.5. The summed E-state index contributed by atoms with van der Waals surface area (Å²) in [5.41, 5.74) is 3.44. The Labute approximate surface area is 165 Å². The third-order valence-electron chi connectivity index (χ3n) is 4.40. The lowest BCUT2D eigenvalue weighted by molar-refractivity contribution is 0.0746. The van der Waals surface area contributed by atoms with Gasteiger partial charge in [0.25, 0.3) is 5.91 Å². The summed E-state index contributed by atoms with van der Waals surface area (Å²) in [4.78, 5) is 25.4. The molecule has 0 unspecified atom stereocenters. The zero-order valence-electron chi connectivity index (χ0n) is 16.5. The first-order valence-electron chi connectivity index (χ1n) is 9.27. The van der Waals surface area contributed by atoms with Gasteiger partial charge in [-0.1, -0.05) is 30.3 Å². The van der Waals surface area contributed by atoms with Crippen molar-refractivity contribution in [2.45, 2.75) is 13.5 Å². The number of rotatable bonds is 7. The summed E-state index contributed by atoms with van der Waals surface area (Å²) in [7, 11) is 3.99. The summed E-state index contributed by atoms with van der Waals surface area (Å²) < 4.78 is 0. The summed E-state index contributed by atoms with van der Waals surface area (Å²) in [5.74, 6) is 0.291. The average molecular weight is 375 g/mol. The molecule has 0 fully saturated rings. The van der Waals surface area contributed by atoms with E-state index in [9.17, 15) is 4.79 Å². The van der Waals surface area contributed by atoms with E-state index in [1.807, 2.05) is 80.5 Å². The molecular weight excluding hydrogens is 350 g/mol. The molecule has 0 aliphatic rings. The van der Waals surface area contributed by atoms with Crippen molar-refractivity contribution >= 4 is 23.2 Å². The molecule has 2 aromatic carbocycles. The van der Waals surface area contributed by atoms with Crippen LogP contribution in [-0.2, 0) is 6.54 Å². The minimum atomic E-state index is -0.111. The van der Waals surface area contributed by atoms with Crippen molar-refractivity contribution in [3.63, 3.8) is 0 Å². The van der Waals surface area contributed by atoms with Gasteiger partial charge in [-0.3, -0.25) is 4.79 Å². The molecule has 0 radical (unpaired) electrons. The van der Waals surface area contributed by atoms with E-state index < -0.39 is 0 Å². The van der Waals surface area contributed by atoms with Gasteiger partial charge in [-0.05, 0) is 42.8 Å². The van der Waals surface area contributed by atoms with E-state index in [4.69, 9.17) is 0 Å². The predicted molar refractivity (Wildman–Crippen MR) is 113 cm³/mol. The van der Waals surface area contributed by atoms with Gasteiger partial charge >= 0.3 is 0 Å². The molecule has 3 aromatic rings. The fourth-order valence-corrected chi connectivity index (χ4v) is 2.80. The quantitative estimate of drug-likeness (QED) is 0.678. The van der Waals surface area contributed by atoms with Crippen molar-refractivity contribution in [2.24, 2.45) is 0 Å². The molecule has 6 heteroatoms. The van der Waals surface area contributed by atoms with Crippen LogP contribution in [0.5, 0.6) is 0 Å². The van der Waals surface area contributed by atoms with Crippen molar-refractivity contribution in [1.29, 1.82) is 0 Å². The molecule has 0 aliphatic heterocycles. The third kappa shape index (κ3) is 4.85. The van der Waals surface area contributed by atoms with Crippen LogP contribution in [0, 0.1) is 0 Å². The number of benzene rings is 2. The second-order valence-electron chi connectivity index (χ2n) is 6.64. The minimum absolute atomic E-state index is 0.111. The van der Waals surface area contributed by atoms with E-state index >= 15 is 0 Å². The highest BCUT2D eigenvalue weighted by atomic mass is 16.2. The first-order valence-corrected chi connectivity index (χ1v) is 9.27. The lowest BCUT2D eigenvalue weighted by atomic mass is 10.2. The molecule has 0 bridgehead atoms. The van der Waals surface area contributed by atoms with Crippen LogP contribution in [0.25, 0.3) is 0 Å². The van der Waals surface area contributed by atoms with E-state index in [0.717, 1.165) is 16.9 Å². The largest absolute Gasteiger partial charge is 0.378 e. The van der Waals surface area contributed by atoms with Crippen LogP contribution in [0.15, 0.2) is 66.9 Å². The topological polar surface area (TPSA) is 61.4 Å². The Bertz CT molecular complexity index is 910. The van der Waals surface area contributed by atoms with E-state index in [1.54, 1.807) is 17.2 Å². The van der Waals surface area contributed by atoms with Gasteiger partial charge in [0.15, 0.2) is 0 Å². The molecule has 6 nitrogen and oxygen atoms in total. The molecule has 0 saturated heterocycles. The van der Waals surface area contributed by atoms with Crippen molar-refractivity contribution in [1.82, 2.24) is 14.9 Å². The van der Waals surface area contributed by atoms with Gasteiger partial charge < -0.3 is 15.1 Å². The first kappa shape index (κ1) is 19.4. The molecule has 0 spiro atoms. The van der Waals surface area contributed by atoms with Gasteiger partial charge in [-0.25, -0.2) is 9.97 Å². The number of nitrogens with one attached hydrogen (secondary N) is 1. The number of aromatic nitrogens is 2. The average Bonchev–Trinajstić information content (AvgIpc) is 2.73. The molecule has 1 amide bonds. The van der Waals surface area contributed by atoms with Crippen LogP contribution < -0.4 is 10.2 Å². The molecular formula is C22H25N5O. The summed E-state index contributed by atoms with van der Waals surface area (Å²) >= 11 is 0. The fourth-order valence-electron chi connectivity index (χ4n) is 2.80. The smallest absolute Gasteiger partial charge is 0.272 e. The van der Waals surface area contributed by atoms with Crippen LogP contribution in [0.2, 0.25) is 0 Å². The summed E-state index contributed by atoms with van der Waals surface area (Å²) in [5, 5.41) is 3.16. The molecule has 1 N–H and O–H groups in total. The third-order valence-corrected chi connectivity index (χ3v) is 4.40. The monoisotopic (exact) mass is 375 g/mol. The van der Waals surface area contributed by atoms with E-state index in [1.165, 1.54) is 0 Å². The Morgan fingerprint density at radius 3 is 2.36 bits per heavy atom. The Kier molecular flexibility index (Phi) is 6.22. The molecule has 28 heavy (non-hydrogen) atoms. The van der Waals surface area contributed by atoms with E-state index in [2.05, 4.69) is 15.3 Å². The maximum absolute atomic E-state index is 12.9. The van der Waals surface area contributed by atoms with Crippen LogP contribution >= 0.6 is 0 Å². The van der Waals surface area contributed by atoms with Gasteiger partial charge in [-0.2, -0.15) is 0 Å². The fraction of sp³-hybridized carbons (Fsp3) is 0.227. The Balaban J connectivity index is 1.73. The molecule has 1 heterocycles. The van der Waals surface area contributed by atoms with Gasteiger partial charge in [-0.15, -0.1) is 0 Å². The number of anilines is 3. The zero-order chi connectivity index (χ0) is 19.9. The molecule has 3 rings (SSSR count). The highest BCUT2D eigenvalue weighted by molar-refractivity contribution is 5.92. The number of carbonyl (C=O) groups is 1. The number of nitrogens with zero attached hydrogens (tertiary/aromatic N) is 4. The van der Waals surface area contributed by atoms with Crippen LogP contribution in [0.3, 0.4) is 0 Å². The van der Waals surface area contributed by atoms with Crippen LogP contribution in [-0.4, -0.2) is 41.4 Å².